The fourth-order valence-electron chi connectivity index (χ4n) is 1.10. The molecule has 1 aromatic heterocycles. The zero-order valence-corrected chi connectivity index (χ0v) is 8.83. The van der Waals surface area contributed by atoms with E-state index in [9.17, 15) is 0 Å². The number of nitrogens with one attached hydrogen (secondary N) is 1. The molecule has 0 bridgehead atoms. The number of hydrogen-bond acceptors (Lipinski definition) is 3. The first-order valence-corrected chi connectivity index (χ1v) is 4.84. The van der Waals surface area contributed by atoms with E-state index in [0.29, 0.717) is 0 Å². The molecule has 1 heterocycles. The van der Waals surface area contributed by atoms with Crippen molar-refractivity contribution < 1.29 is 5.11 Å². The molecule has 14 heavy (non-hydrogen) atoms. The van der Waals surface area contributed by atoms with Crippen molar-refractivity contribution in [2.24, 2.45) is 5.41 Å². The Labute approximate surface area is 85.2 Å². The van der Waals surface area contributed by atoms with Gasteiger partial charge in [-0.15, -0.1) is 0 Å². The lowest BCUT2D eigenvalue weighted by Gasteiger charge is -2.21. The van der Waals surface area contributed by atoms with Gasteiger partial charge in [0.1, 0.15) is 0 Å². The van der Waals surface area contributed by atoms with E-state index in [1.54, 1.807) is 6.20 Å². The average molecular weight is 194 g/mol. The Kier molecular flexibility index (Phi) is 4.04. The van der Waals surface area contributed by atoms with E-state index in [-0.39, 0.29) is 12.0 Å². The third-order valence-electron chi connectivity index (χ3n) is 2.08. The summed E-state index contributed by atoms with van der Waals surface area (Å²) >= 11 is 0. The van der Waals surface area contributed by atoms with E-state index in [2.05, 4.69) is 10.3 Å². The van der Waals surface area contributed by atoms with Gasteiger partial charge in [-0.05, 0) is 11.6 Å². The largest absolute Gasteiger partial charge is 0.396 e. The van der Waals surface area contributed by atoms with Crippen LogP contribution < -0.4 is 5.32 Å². The summed E-state index contributed by atoms with van der Waals surface area (Å²) < 4.78 is 0. The van der Waals surface area contributed by atoms with E-state index in [0.717, 1.165) is 13.1 Å². The number of rotatable bonds is 5. The Morgan fingerprint density at radius 2 is 2.29 bits per heavy atom. The van der Waals surface area contributed by atoms with Crippen molar-refractivity contribution >= 4 is 0 Å². The third kappa shape index (κ3) is 3.85. The van der Waals surface area contributed by atoms with Crippen molar-refractivity contribution in [2.75, 3.05) is 13.2 Å². The number of aliphatic hydroxyl groups is 1. The van der Waals surface area contributed by atoms with Crippen LogP contribution in [0.1, 0.15) is 19.4 Å². The highest BCUT2D eigenvalue weighted by Gasteiger charge is 2.15. The van der Waals surface area contributed by atoms with E-state index in [4.69, 9.17) is 5.11 Å². The summed E-state index contributed by atoms with van der Waals surface area (Å²) in [7, 11) is 0. The Bertz CT molecular complexity index is 259. The van der Waals surface area contributed by atoms with Gasteiger partial charge in [0.05, 0.1) is 0 Å². The predicted octanol–water partition coefficient (Wildman–Crippen LogP) is 1.19. The summed E-state index contributed by atoms with van der Waals surface area (Å²) in [4.78, 5) is 4.03. The molecule has 0 atom stereocenters. The molecule has 0 amide bonds. The summed E-state index contributed by atoms with van der Waals surface area (Å²) in [5.41, 5.74) is 1.11. The Morgan fingerprint density at radius 3 is 2.86 bits per heavy atom. The van der Waals surface area contributed by atoms with Gasteiger partial charge >= 0.3 is 0 Å². The second kappa shape index (κ2) is 5.08. The average Bonchev–Trinajstić information content (AvgIpc) is 2.19. The maximum Gasteiger partial charge on any atom is 0.0494 e. The lowest BCUT2D eigenvalue weighted by atomic mass is 9.95. The smallest absolute Gasteiger partial charge is 0.0494 e. The van der Waals surface area contributed by atoms with Crippen LogP contribution in [-0.2, 0) is 6.54 Å². The van der Waals surface area contributed by atoms with Gasteiger partial charge in [-0.25, -0.2) is 0 Å². The Morgan fingerprint density at radius 1 is 1.50 bits per heavy atom. The van der Waals surface area contributed by atoms with E-state index in [1.807, 2.05) is 32.2 Å². The number of aliphatic hydroxyl groups excluding tert-OH is 1. The SMILES string of the molecule is CC(C)(CO)CNCc1cccnc1. The Balaban J connectivity index is 2.29. The van der Waals surface area contributed by atoms with Crippen molar-refractivity contribution in [3.63, 3.8) is 0 Å². The third-order valence-corrected chi connectivity index (χ3v) is 2.08. The van der Waals surface area contributed by atoms with Crippen LogP contribution in [0.4, 0.5) is 0 Å². The van der Waals surface area contributed by atoms with Gasteiger partial charge in [-0.3, -0.25) is 4.98 Å². The first kappa shape index (κ1) is 11.1. The molecule has 2 N–H and O–H groups in total. The topological polar surface area (TPSA) is 45.1 Å². The number of pyridine rings is 1. The van der Waals surface area contributed by atoms with Crippen LogP contribution in [0.3, 0.4) is 0 Å². The van der Waals surface area contributed by atoms with Crippen LogP contribution in [-0.4, -0.2) is 23.2 Å². The van der Waals surface area contributed by atoms with Crippen LogP contribution >= 0.6 is 0 Å². The minimum absolute atomic E-state index is 0.0534. The summed E-state index contributed by atoms with van der Waals surface area (Å²) in [6.07, 6.45) is 3.61. The molecule has 0 aliphatic carbocycles. The monoisotopic (exact) mass is 194 g/mol. The molecule has 0 saturated carbocycles. The Hall–Kier alpha value is -0.930. The molecule has 3 nitrogen and oxygen atoms in total. The summed E-state index contributed by atoms with van der Waals surface area (Å²) in [6, 6.07) is 3.96. The second-order valence-corrected chi connectivity index (χ2v) is 4.29. The second-order valence-electron chi connectivity index (χ2n) is 4.29. The first-order chi connectivity index (χ1) is 6.64. The van der Waals surface area contributed by atoms with Gasteiger partial charge in [-0.2, -0.15) is 0 Å². The molecule has 1 aromatic rings. The number of nitrogens with zero attached hydrogens (tertiary/aromatic N) is 1. The van der Waals surface area contributed by atoms with E-state index in [1.165, 1.54) is 5.56 Å². The zero-order chi connectivity index (χ0) is 10.4. The van der Waals surface area contributed by atoms with E-state index < -0.39 is 0 Å². The first-order valence-electron chi connectivity index (χ1n) is 4.84. The van der Waals surface area contributed by atoms with Crippen LogP contribution in [0.5, 0.6) is 0 Å². The van der Waals surface area contributed by atoms with Gasteiger partial charge in [-0.1, -0.05) is 19.9 Å². The van der Waals surface area contributed by atoms with Crippen LogP contribution in [0, 0.1) is 5.41 Å². The minimum Gasteiger partial charge on any atom is -0.396 e. The van der Waals surface area contributed by atoms with Crippen molar-refractivity contribution in [1.82, 2.24) is 10.3 Å². The summed E-state index contributed by atoms with van der Waals surface area (Å²) in [6.45, 7) is 5.87. The minimum atomic E-state index is -0.0534. The number of hydrogen-bond donors (Lipinski definition) is 2. The molecule has 0 aliphatic rings. The summed E-state index contributed by atoms with van der Waals surface area (Å²) in [5, 5.41) is 12.3. The molecule has 0 fully saturated rings. The van der Waals surface area contributed by atoms with Crippen LogP contribution in [0.25, 0.3) is 0 Å². The predicted molar refractivity (Wildman–Crippen MR) is 56.8 cm³/mol. The quantitative estimate of drug-likeness (QED) is 0.740. The molecular weight excluding hydrogens is 176 g/mol. The fraction of sp³-hybridized carbons (Fsp3) is 0.545. The highest BCUT2D eigenvalue weighted by Crippen LogP contribution is 2.11. The fourth-order valence-corrected chi connectivity index (χ4v) is 1.10. The number of aromatic nitrogens is 1. The standard InChI is InChI=1S/C11H18N2O/c1-11(2,9-14)8-13-7-10-4-3-5-12-6-10/h3-6,13-14H,7-9H2,1-2H3. The molecule has 1 rings (SSSR count). The van der Waals surface area contributed by atoms with Crippen LogP contribution in [0.15, 0.2) is 24.5 Å². The van der Waals surface area contributed by atoms with Crippen molar-refractivity contribution in [3.05, 3.63) is 30.1 Å². The van der Waals surface area contributed by atoms with E-state index >= 15 is 0 Å². The maximum atomic E-state index is 9.04. The molecule has 0 saturated heterocycles. The van der Waals surface area contributed by atoms with Gasteiger partial charge in [0.25, 0.3) is 0 Å². The normalized spacial score (nSPS) is 11.6. The molecular formula is C11H18N2O. The van der Waals surface area contributed by atoms with Gasteiger partial charge in [0.2, 0.25) is 0 Å². The summed E-state index contributed by atoms with van der Waals surface area (Å²) in [5.74, 6) is 0. The molecule has 0 spiro atoms. The molecule has 0 aliphatic heterocycles. The van der Waals surface area contributed by atoms with Crippen molar-refractivity contribution in [3.8, 4) is 0 Å². The lowest BCUT2D eigenvalue weighted by molar-refractivity contribution is 0.156. The zero-order valence-electron chi connectivity index (χ0n) is 8.83. The molecule has 0 unspecified atom stereocenters. The molecule has 0 aromatic carbocycles. The molecule has 0 radical (unpaired) electrons. The highest BCUT2D eigenvalue weighted by molar-refractivity contribution is 5.07. The van der Waals surface area contributed by atoms with Gasteiger partial charge in [0.15, 0.2) is 0 Å². The van der Waals surface area contributed by atoms with Gasteiger partial charge in [0, 0.05) is 37.5 Å². The highest BCUT2D eigenvalue weighted by atomic mass is 16.3. The van der Waals surface area contributed by atoms with Gasteiger partial charge < -0.3 is 10.4 Å². The molecule has 78 valence electrons. The lowest BCUT2D eigenvalue weighted by Crippen LogP contribution is -2.31. The van der Waals surface area contributed by atoms with Crippen molar-refractivity contribution in [2.45, 2.75) is 20.4 Å². The molecule has 3 heteroatoms. The van der Waals surface area contributed by atoms with Crippen LogP contribution in [0.2, 0.25) is 0 Å². The maximum absolute atomic E-state index is 9.04. The van der Waals surface area contributed by atoms with Crippen molar-refractivity contribution in [1.29, 1.82) is 0 Å².